The van der Waals surface area contributed by atoms with E-state index in [0.717, 1.165) is 123 Å². The fourth-order valence-electron chi connectivity index (χ4n) is 12.5. The lowest BCUT2D eigenvalue weighted by atomic mass is 9.84. The summed E-state index contributed by atoms with van der Waals surface area (Å²) in [5.74, 6) is 1.81. The minimum Gasteiger partial charge on any atom is -0.444 e. The minimum absolute atomic E-state index is 0.00720. The van der Waals surface area contributed by atoms with Crippen molar-refractivity contribution in [1.82, 2.24) is 44.9 Å². The first-order valence-corrected chi connectivity index (χ1v) is 33.9. The van der Waals surface area contributed by atoms with E-state index in [1.54, 1.807) is 12.4 Å². The first-order chi connectivity index (χ1) is 42.8. The van der Waals surface area contributed by atoms with Gasteiger partial charge in [-0.25, -0.2) is 19.0 Å². The van der Waals surface area contributed by atoms with Crippen molar-refractivity contribution in [2.75, 3.05) is 32.8 Å². The van der Waals surface area contributed by atoms with Crippen molar-refractivity contribution in [1.29, 1.82) is 0 Å². The number of nitrogens with one attached hydrogen (secondary N) is 2. The molecule has 3 aromatic carbocycles. The van der Waals surface area contributed by atoms with E-state index in [1.807, 2.05) is 97.2 Å². The van der Waals surface area contributed by atoms with Gasteiger partial charge in [0.1, 0.15) is 17.4 Å². The number of hydrogen-bond acceptors (Lipinski definition) is 12. The highest BCUT2D eigenvalue weighted by Gasteiger charge is 2.53. The molecular formula is C71H101BBrN9O8. The molecule has 2 amide bonds. The molecule has 3 aromatic heterocycles. The average Bonchev–Trinajstić information content (AvgIpc) is 1.63. The van der Waals surface area contributed by atoms with Crippen LogP contribution < -0.4 is 10.9 Å². The van der Waals surface area contributed by atoms with Crippen LogP contribution in [-0.4, -0.2) is 114 Å². The van der Waals surface area contributed by atoms with Crippen molar-refractivity contribution < 1.29 is 37.8 Å². The first-order valence-electron chi connectivity index (χ1n) is 33.1. The molecule has 12 rings (SSSR count). The molecule has 6 aromatic rings. The minimum atomic E-state index is -0.494. The van der Waals surface area contributed by atoms with E-state index in [2.05, 4.69) is 151 Å². The van der Waals surface area contributed by atoms with E-state index in [1.165, 1.54) is 42.4 Å². The second-order valence-corrected chi connectivity index (χ2v) is 29.6. The molecule has 6 aliphatic rings. The quantitative estimate of drug-likeness (QED) is 0.138. The average molecular weight is 1300 g/mol. The highest BCUT2D eigenvalue weighted by atomic mass is 79.9. The molecule has 6 saturated heterocycles. The van der Waals surface area contributed by atoms with Crippen LogP contribution in [0.2, 0.25) is 0 Å². The number of likely N-dealkylation sites (tertiary alicyclic amines) is 2. The van der Waals surface area contributed by atoms with Crippen LogP contribution in [0, 0.1) is 17.8 Å². The largest absolute Gasteiger partial charge is 0.514 e. The fraction of sp³-hybridized carbons (Fsp3) is 0.592. The van der Waals surface area contributed by atoms with Crippen molar-refractivity contribution in [2.24, 2.45) is 17.8 Å². The normalized spacial score (nSPS) is 25.1. The Balaban J connectivity index is 0.000000146. The predicted octanol–water partition coefficient (Wildman–Crippen LogP) is 16.1. The van der Waals surface area contributed by atoms with Crippen LogP contribution in [-0.2, 0) is 28.3 Å². The van der Waals surface area contributed by atoms with Gasteiger partial charge >= 0.3 is 19.3 Å². The number of hydrogen-bond donors (Lipinski definition) is 2. The van der Waals surface area contributed by atoms with Crippen molar-refractivity contribution in [3.63, 3.8) is 0 Å². The summed E-state index contributed by atoms with van der Waals surface area (Å²) in [5, 5.41) is 19.5. The third-order valence-corrected chi connectivity index (χ3v) is 18.8. The number of amides is 2. The van der Waals surface area contributed by atoms with Gasteiger partial charge in [-0.1, -0.05) is 97.4 Å². The smallest absolute Gasteiger partial charge is 0.444 e. The molecule has 0 bridgehead atoms. The van der Waals surface area contributed by atoms with E-state index in [-0.39, 0.29) is 55.0 Å². The Morgan fingerprint density at radius 3 is 1.54 bits per heavy atom. The lowest BCUT2D eigenvalue weighted by Gasteiger charge is -2.39. The summed E-state index contributed by atoms with van der Waals surface area (Å²) >= 11 is 3.46. The van der Waals surface area contributed by atoms with Crippen LogP contribution in [0.3, 0.4) is 0 Å². The lowest BCUT2D eigenvalue weighted by Crippen LogP contribution is -2.44. The molecule has 6 fully saturated rings. The third-order valence-electron chi connectivity index (χ3n) is 18.2. The van der Waals surface area contributed by atoms with Gasteiger partial charge in [0, 0.05) is 55.4 Å². The Labute approximate surface area is 544 Å². The maximum Gasteiger partial charge on any atom is 0.514 e. The molecule has 488 valence electrons. The van der Waals surface area contributed by atoms with E-state index >= 15 is 0 Å². The molecule has 90 heavy (non-hydrogen) atoms. The van der Waals surface area contributed by atoms with Crippen LogP contribution in [0.25, 0.3) is 22.5 Å². The Morgan fingerprint density at radius 1 is 0.567 bits per heavy atom. The Bertz CT molecular complexity index is 3160. The van der Waals surface area contributed by atoms with Crippen molar-refractivity contribution >= 4 is 40.8 Å². The fourth-order valence-corrected chi connectivity index (χ4v) is 12.8. The summed E-state index contributed by atoms with van der Waals surface area (Å²) in [6.45, 7) is 30.6. The number of nitrogens with zero attached hydrogens (tertiary/aromatic N) is 7. The zero-order valence-electron chi connectivity index (χ0n) is 55.9. The number of H-pyrrole nitrogens is 1. The van der Waals surface area contributed by atoms with Gasteiger partial charge in [-0.15, -0.1) is 0 Å². The Hall–Kier alpha value is -5.83. The van der Waals surface area contributed by atoms with Gasteiger partial charge in [0.2, 0.25) is 0 Å². The van der Waals surface area contributed by atoms with Gasteiger partial charge in [0.25, 0.3) is 0 Å². The number of piperidine rings is 3. The topological polar surface area (TPSA) is 172 Å². The van der Waals surface area contributed by atoms with Gasteiger partial charge < -0.3 is 43.4 Å². The molecule has 0 aliphatic carbocycles. The van der Waals surface area contributed by atoms with Crippen molar-refractivity contribution in [3.8, 4) is 22.5 Å². The highest BCUT2D eigenvalue weighted by molar-refractivity contribution is 9.10. The second kappa shape index (κ2) is 30.3. The number of aromatic nitrogens is 6. The molecular weight excluding hydrogens is 1200 g/mol. The van der Waals surface area contributed by atoms with Crippen molar-refractivity contribution in [2.45, 2.75) is 220 Å². The maximum atomic E-state index is 12.9. The van der Waals surface area contributed by atoms with Crippen LogP contribution in [0.5, 0.6) is 0 Å². The molecule has 17 nitrogen and oxygen atoms in total. The van der Waals surface area contributed by atoms with Gasteiger partial charge in [-0.3, -0.25) is 5.10 Å². The van der Waals surface area contributed by atoms with Crippen LogP contribution in [0.15, 0.2) is 114 Å². The maximum absolute atomic E-state index is 12.9. The summed E-state index contributed by atoms with van der Waals surface area (Å²) in [4.78, 5) is 29.2. The number of aromatic amines is 1. The van der Waals surface area contributed by atoms with E-state index in [0.29, 0.717) is 17.9 Å². The number of halogens is 1. The summed E-state index contributed by atoms with van der Waals surface area (Å²) in [5.41, 5.74) is 7.50. The number of rotatable bonds is 8. The summed E-state index contributed by atoms with van der Waals surface area (Å²) in [6.07, 6.45) is 18.3. The van der Waals surface area contributed by atoms with Crippen molar-refractivity contribution in [3.05, 3.63) is 131 Å². The Kier molecular flexibility index (Phi) is 23.1. The lowest BCUT2D eigenvalue weighted by molar-refractivity contribution is -0.0383. The SMILES string of the molecule is CC1(C)OB(c2ccnn2C2CCCCO2)OC1(C)C.C[C@@H]1CC[C@@H](c2ccc(-c3ccn[nH]3)cc2)NC1.C[C@@H]1CC[C@@H](c2ccc(-c3ccnn3C3CCCCO3)cc2)N(C(=O)OC(C)(C)C)C1.C[C@@H]1CC[C@@H](c2ccc(Br)cc2)N(C(=O)OC(C)(C)C)C1. The number of carbonyl (C=O) groups excluding carboxylic acids is 2. The zero-order valence-corrected chi connectivity index (χ0v) is 57.5. The molecule has 6 aliphatic heterocycles. The third kappa shape index (κ3) is 18.3. The number of carbonyl (C=O) groups is 2. The summed E-state index contributed by atoms with van der Waals surface area (Å²) in [6, 6.07) is 32.3. The number of benzene rings is 3. The molecule has 0 radical (unpaired) electrons. The molecule has 0 saturated carbocycles. The van der Waals surface area contributed by atoms with Gasteiger partial charge in [-0.2, -0.15) is 15.3 Å². The summed E-state index contributed by atoms with van der Waals surface area (Å²) in [7, 11) is -0.381. The Morgan fingerprint density at radius 2 is 1.06 bits per heavy atom. The van der Waals surface area contributed by atoms with Gasteiger partial charge in [-0.05, 0) is 229 Å². The van der Waals surface area contributed by atoms with E-state index < -0.39 is 11.2 Å². The molecule has 0 spiro atoms. The highest BCUT2D eigenvalue weighted by Crippen LogP contribution is 2.40. The van der Waals surface area contributed by atoms with Crippen LogP contribution in [0.1, 0.15) is 214 Å². The molecule has 2 unspecified atom stereocenters. The predicted molar refractivity (Wildman–Crippen MR) is 359 cm³/mol. The standard InChI is InChI=1S/C25H35N3O3.C17H24BrNO2.C15H19N3.C14H23BN2O3/c1-18-8-13-21(27(17-18)24(29)31-25(2,3)4)19-9-11-20(12-10-19)22-14-15-26-28(22)23-7-5-6-16-30-23;1-12-5-10-15(13-6-8-14(18)9-7-13)19(11-12)16(20)21-17(2,3)4;1-11-2-7-14(16-10-11)12-3-5-13(6-4-12)15-8-9-17-18-15;1-13(2)14(3,4)20-15(19-13)11-8-9-16-17(11)12-7-5-6-10-18-12/h9-12,14-15,18,21,23H,5-8,13,16-17H2,1-4H3;6-9,12,15H,5,10-11H2,1-4H3;3-6,8-9,11,14,16H,2,7,10H2,1H3,(H,17,18);8-9,12H,5-7,10H2,1-4H3/t18-,21+,23?;12-,15+;11-,14+;/m111./s1. The molecule has 9 heterocycles. The zero-order chi connectivity index (χ0) is 64.4. The molecule has 2 N–H and O–H groups in total. The van der Waals surface area contributed by atoms with Gasteiger partial charge in [0.05, 0.1) is 40.3 Å². The van der Waals surface area contributed by atoms with Crippen LogP contribution in [0.4, 0.5) is 9.59 Å². The monoisotopic (exact) mass is 1300 g/mol. The van der Waals surface area contributed by atoms with E-state index in [9.17, 15) is 9.59 Å². The van der Waals surface area contributed by atoms with Gasteiger partial charge in [0.15, 0.2) is 6.23 Å². The van der Waals surface area contributed by atoms with E-state index in [4.69, 9.17) is 28.3 Å². The second-order valence-electron chi connectivity index (χ2n) is 28.7. The van der Waals surface area contributed by atoms with Crippen LogP contribution >= 0.6 is 15.9 Å². The number of ether oxygens (including phenoxy) is 4. The summed E-state index contributed by atoms with van der Waals surface area (Å²) < 4.78 is 40.2. The molecule has 19 heteroatoms. The molecule has 8 atom stereocenters. The first kappa shape index (κ1) is 68.5.